The number of carbonyl (C=O) groups excluding carboxylic acids is 3. The molecule has 1 aliphatic heterocycles. The number of esters is 3. The van der Waals surface area contributed by atoms with Gasteiger partial charge in [0.1, 0.15) is 6.10 Å². The van der Waals surface area contributed by atoms with Crippen molar-refractivity contribution in [1.29, 1.82) is 0 Å². The first kappa shape index (κ1) is 30.1. The summed E-state index contributed by atoms with van der Waals surface area (Å²) in [5.74, 6) is -1.57. The van der Waals surface area contributed by atoms with Crippen LogP contribution in [-0.4, -0.2) is 49.8 Å². The fourth-order valence-electron chi connectivity index (χ4n) is 6.70. The SMILES string of the molecule is C=CC(=C)CC[C@]1(C)[C@H]2C[C@@H](OC(=O)[C@H](C)CC)C=C3[C@H](OC(C)=O)O[C@H](OC(C)=O)[C@]32[C@H](OC)C[C@@H]1C. The van der Waals surface area contributed by atoms with Crippen LogP contribution in [0.25, 0.3) is 0 Å². The van der Waals surface area contributed by atoms with Crippen molar-refractivity contribution in [3.8, 4) is 0 Å². The second-order valence-electron chi connectivity index (χ2n) is 11.4. The van der Waals surface area contributed by atoms with Gasteiger partial charge in [0.25, 0.3) is 0 Å². The number of hydrogen-bond acceptors (Lipinski definition) is 8. The third-order valence-electron chi connectivity index (χ3n) is 9.21. The van der Waals surface area contributed by atoms with Crippen LogP contribution in [0.5, 0.6) is 0 Å². The molecule has 1 saturated carbocycles. The van der Waals surface area contributed by atoms with Crippen molar-refractivity contribution in [3.05, 3.63) is 36.5 Å². The predicted octanol–water partition coefficient (Wildman–Crippen LogP) is 5.27. The number of hydrogen-bond donors (Lipinski definition) is 0. The number of allylic oxidation sites excluding steroid dienone is 2. The average Bonchev–Trinajstić information content (AvgIpc) is 3.15. The van der Waals surface area contributed by atoms with Gasteiger partial charge in [-0.1, -0.05) is 52.5 Å². The first-order valence-corrected chi connectivity index (χ1v) is 13.6. The largest absolute Gasteiger partial charge is 0.458 e. The summed E-state index contributed by atoms with van der Waals surface area (Å²) in [5.41, 5.74) is 0.319. The van der Waals surface area contributed by atoms with Crippen molar-refractivity contribution in [2.75, 3.05) is 7.11 Å². The maximum absolute atomic E-state index is 12.9. The Morgan fingerprint density at radius 2 is 1.84 bits per heavy atom. The van der Waals surface area contributed by atoms with Crippen LogP contribution in [-0.2, 0) is 38.1 Å². The van der Waals surface area contributed by atoms with Crippen molar-refractivity contribution in [3.63, 3.8) is 0 Å². The summed E-state index contributed by atoms with van der Waals surface area (Å²) in [6, 6.07) is 0. The summed E-state index contributed by atoms with van der Waals surface area (Å²) in [5, 5.41) is 0. The van der Waals surface area contributed by atoms with Gasteiger partial charge < -0.3 is 18.9 Å². The van der Waals surface area contributed by atoms with E-state index in [-0.39, 0.29) is 35.2 Å². The Morgan fingerprint density at radius 3 is 2.39 bits per heavy atom. The molecule has 0 unspecified atom stereocenters. The Labute approximate surface area is 226 Å². The molecule has 1 spiro atoms. The second kappa shape index (κ2) is 11.7. The van der Waals surface area contributed by atoms with Crippen molar-refractivity contribution >= 4 is 17.9 Å². The van der Waals surface area contributed by atoms with E-state index in [0.717, 1.165) is 18.4 Å². The van der Waals surface area contributed by atoms with E-state index in [0.29, 0.717) is 24.8 Å². The molecule has 8 nitrogen and oxygen atoms in total. The Kier molecular flexibility index (Phi) is 9.30. The summed E-state index contributed by atoms with van der Waals surface area (Å²) in [6.45, 7) is 18.8. The fraction of sp³-hybridized carbons (Fsp3) is 0.700. The minimum absolute atomic E-state index is 0.194. The van der Waals surface area contributed by atoms with E-state index in [1.165, 1.54) is 13.8 Å². The molecule has 3 rings (SSSR count). The van der Waals surface area contributed by atoms with E-state index in [1.807, 2.05) is 19.9 Å². The van der Waals surface area contributed by atoms with Gasteiger partial charge in [-0.3, -0.25) is 19.1 Å². The number of ether oxygens (including phenoxy) is 5. The number of methoxy groups -OCH3 is 1. The molecule has 8 heteroatoms. The van der Waals surface area contributed by atoms with Crippen molar-refractivity contribution in [2.24, 2.45) is 28.6 Å². The lowest BCUT2D eigenvalue weighted by Crippen LogP contribution is -2.63. The zero-order valence-electron chi connectivity index (χ0n) is 23.9. The average molecular weight is 533 g/mol. The van der Waals surface area contributed by atoms with Crippen LogP contribution in [0.4, 0.5) is 0 Å². The van der Waals surface area contributed by atoms with Gasteiger partial charge in [-0.15, -0.1) is 0 Å². The summed E-state index contributed by atoms with van der Waals surface area (Å²) in [6.07, 6.45) is 3.86. The van der Waals surface area contributed by atoms with Crippen molar-refractivity contribution < 1.29 is 38.1 Å². The van der Waals surface area contributed by atoms with E-state index in [2.05, 4.69) is 27.0 Å². The summed E-state index contributed by atoms with van der Waals surface area (Å²) in [4.78, 5) is 37.3. The Morgan fingerprint density at radius 1 is 1.18 bits per heavy atom. The molecule has 212 valence electrons. The second-order valence-corrected chi connectivity index (χ2v) is 11.4. The van der Waals surface area contributed by atoms with Crippen LogP contribution in [0.15, 0.2) is 36.5 Å². The van der Waals surface area contributed by atoms with Gasteiger partial charge in [0.15, 0.2) is 0 Å². The van der Waals surface area contributed by atoms with Gasteiger partial charge in [-0.2, -0.15) is 0 Å². The Bertz CT molecular complexity index is 985. The molecule has 0 aromatic rings. The lowest BCUT2D eigenvalue weighted by Gasteiger charge is -2.61. The van der Waals surface area contributed by atoms with Gasteiger partial charge in [0.05, 0.1) is 17.4 Å². The first-order valence-electron chi connectivity index (χ1n) is 13.6. The standard InChI is InChI=1S/C30H44O8/c1-10-17(3)12-13-29(8)19(5)14-25(34-9)30-23(27(35-20(6)31)38-28(30)36-21(7)32)15-22(16-24(29)30)37-26(33)18(4)11-2/h10,15,18-19,22,24-25,27-28H,1,3,11-14,16H2,2,4-9H3/t18-,19+,22+,24-,25-,27-,28+,29+,30-/m1/s1. The molecule has 3 aliphatic rings. The Hall–Kier alpha value is -2.45. The highest BCUT2D eigenvalue weighted by atomic mass is 16.8. The summed E-state index contributed by atoms with van der Waals surface area (Å²) < 4.78 is 29.8. The highest BCUT2D eigenvalue weighted by Crippen LogP contribution is 2.68. The van der Waals surface area contributed by atoms with Gasteiger partial charge >= 0.3 is 17.9 Å². The maximum atomic E-state index is 12.9. The first-order chi connectivity index (χ1) is 17.8. The number of carbonyl (C=O) groups is 3. The summed E-state index contributed by atoms with van der Waals surface area (Å²) >= 11 is 0. The molecule has 38 heavy (non-hydrogen) atoms. The molecule has 0 amide bonds. The molecule has 0 radical (unpaired) electrons. The zero-order chi connectivity index (χ0) is 28.4. The molecule has 0 bridgehead atoms. The predicted molar refractivity (Wildman–Crippen MR) is 141 cm³/mol. The maximum Gasteiger partial charge on any atom is 0.309 e. The van der Waals surface area contributed by atoms with Crippen LogP contribution in [0.1, 0.15) is 73.6 Å². The third-order valence-corrected chi connectivity index (χ3v) is 9.21. The molecule has 0 aromatic carbocycles. The zero-order valence-corrected chi connectivity index (χ0v) is 23.9. The van der Waals surface area contributed by atoms with E-state index in [1.54, 1.807) is 13.2 Å². The highest BCUT2D eigenvalue weighted by Gasteiger charge is 2.71. The topological polar surface area (TPSA) is 97.4 Å². The Balaban J connectivity index is 2.22. The van der Waals surface area contributed by atoms with E-state index >= 15 is 0 Å². The molecule has 0 aromatic heterocycles. The number of rotatable bonds is 10. The fourth-order valence-corrected chi connectivity index (χ4v) is 6.70. The van der Waals surface area contributed by atoms with Gasteiger partial charge in [0.2, 0.25) is 12.6 Å². The van der Waals surface area contributed by atoms with Crippen molar-refractivity contribution in [2.45, 2.75) is 98.4 Å². The highest BCUT2D eigenvalue weighted by molar-refractivity contribution is 5.72. The molecular formula is C30H44O8. The van der Waals surface area contributed by atoms with E-state index in [4.69, 9.17) is 23.7 Å². The monoisotopic (exact) mass is 532 g/mol. The van der Waals surface area contributed by atoms with Crippen molar-refractivity contribution in [1.82, 2.24) is 0 Å². The molecule has 0 N–H and O–H groups in total. The molecule has 1 saturated heterocycles. The van der Waals surface area contributed by atoms with Crippen LogP contribution in [0.2, 0.25) is 0 Å². The van der Waals surface area contributed by atoms with Crippen LogP contribution in [0, 0.1) is 28.6 Å². The van der Waals surface area contributed by atoms with Crippen LogP contribution < -0.4 is 0 Å². The van der Waals surface area contributed by atoms with Gasteiger partial charge in [-0.25, -0.2) is 0 Å². The normalized spacial score (nSPS) is 36.7. The molecule has 2 fully saturated rings. The molecule has 9 atom stereocenters. The van der Waals surface area contributed by atoms with E-state index in [9.17, 15) is 14.4 Å². The van der Waals surface area contributed by atoms with Gasteiger partial charge in [0, 0.05) is 26.5 Å². The molecule has 2 aliphatic carbocycles. The van der Waals surface area contributed by atoms with Gasteiger partial charge in [-0.05, 0) is 55.4 Å². The third kappa shape index (κ3) is 5.34. The lowest BCUT2D eigenvalue weighted by molar-refractivity contribution is -0.258. The molecular weight excluding hydrogens is 488 g/mol. The minimum Gasteiger partial charge on any atom is -0.458 e. The van der Waals surface area contributed by atoms with Crippen LogP contribution >= 0.6 is 0 Å². The van der Waals surface area contributed by atoms with E-state index < -0.39 is 36.0 Å². The molecule has 1 heterocycles. The van der Waals surface area contributed by atoms with Crippen LogP contribution in [0.3, 0.4) is 0 Å². The quantitative estimate of drug-likeness (QED) is 0.162. The minimum atomic E-state index is -1.09. The summed E-state index contributed by atoms with van der Waals surface area (Å²) in [7, 11) is 1.64. The lowest BCUT2D eigenvalue weighted by atomic mass is 9.45. The smallest absolute Gasteiger partial charge is 0.309 e.